The normalized spacial score (nSPS) is 14.6. The SMILES string of the molecule is C[C@@H](OC(=O)C1=NN(c2ccccc2)C(=O)CC1)C(=O)Nc1ccccc1OC(F)F. The minimum Gasteiger partial charge on any atom is -0.448 e. The summed E-state index contributed by atoms with van der Waals surface area (Å²) in [5, 5.41) is 7.57. The van der Waals surface area contributed by atoms with Gasteiger partial charge in [-0.15, -0.1) is 0 Å². The Morgan fingerprint density at radius 3 is 2.45 bits per heavy atom. The van der Waals surface area contributed by atoms with Crippen LogP contribution in [0.3, 0.4) is 0 Å². The number of carbonyl (C=O) groups excluding carboxylic acids is 3. The number of hydrogen-bond donors (Lipinski definition) is 1. The number of rotatable bonds is 7. The number of alkyl halides is 2. The first-order valence-corrected chi connectivity index (χ1v) is 9.36. The van der Waals surface area contributed by atoms with Gasteiger partial charge in [-0.3, -0.25) is 9.59 Å². The number of nitrogens with one attached hydrogen (secondary N) is 1. The van der Waals surface area contributed by atoms with Crippen molar-refractivity contribution < 1.29 is 32.6 Å². The van der Waals surface area contributed by atoms with E-state index in [9.17, 15) is 23.2 Å². The number of nitrogens with zero attached hydrogens (tertiary/aromatic N) is 2. The molecule has 8 nitrogen and oxygen atoms in total. The molecule has 3 rings (SSSR count). The minimum atomic E-state index is -3.06. The average molecular weight is 431 g/mol. The Bertz CT molecular complexity index is 998. The van der Waals surface area contributed by atoms with Crippen LogP contribution in [-0.2, 0) is 19.1 Å². The molecule has 0 aromatic heterocycles. The zero-order valence-corrected chi connectivity index (χ0v) is 16.5. The largest absolute Gasteiger partial charge is 0.448 e. The van der Waals surface area contributed by atoms with Crippen molar-refractivity contribution in [1.82, 2.24) is 0 Å². The van der Waals surface area contributed by atoms with Gasteiger partial charge in [-0.2, -0.15) is 13.9 Å². The molecule has 0 spiro atoms. The van der Waals surface area contributed by atoms with Crippen LogP contribution in [0.25, 0.3) is 0 Å². The lowest BCUT2D eigenvalue weighted by molar-refractivity contribution is -0.146. The maximum Gasteiger partial charge on any atom is 0.387 e. The highest BCUT2D eigenvalue weighted by Gasteiger charge is 2.29. The molecule has 2 aromatic carbocycles. The Labute approximate surface area is 176 Å². The Balaban J connectivity index is 1.66. The summed E-state index contributed by atoms with van der Waals surface area (Å²) in [6.07, 6.45) is -1.13. The number of benzene rings is 2. The van der Waals surface area contributed by atoms with Crippen LogP contribution in [0, 0.1) is 0 Å². The summed E-state index contributed by atoms with van der Waals surface area (Å²) in [5.74, 6) is -2.10. The summed E-state index contributed by atoms with van der Waals surface area (Å²) in [4.78, 5) is 37.0. The van der Waals surface area contributed by atoms with E-state index in [2.05, 4.69) is 15.2 Å². The highest BCUT2D eigenvalue weighted by atomic mass is 19.3. The molecule has 0 saturated carbocycles. The molecule has 0 bridgehead atoms. The Hall–Kier alpha value is -3.82. The van der Waals surface area contributed by atoms with Crippen molar-refractivity contribution in [3.8, 4) is 5.75 Å². The summed E-state index contributed by atoms with van der Waals surface area (Å²) in [6, 6.07) is 14.2. The second-order valence-electron chi connectivity index (χ2n) is 6.50. The number of para-hydroxylation sites is 3. The number of halogens is 2. The van der Waals surface area contributed by atoms with Crippen LogP contribution >= 0.6 is 0 Å². The molecule has 0 fully saturated rings. The van der Waals surface area contributed by atoms with E-state index in [0.717, 1.165) is 5.01 Å². The fraction of sp³-hybridized carbons (Fsp3) is 0.238. The van der Waals surface area contributed by atoms with Crippen LogP contribution < -0.4 is 15.1 Å². The molecule has 162 valence electrons. The number of hydrogen-bond acceptors (Lipinski definition) is 6. The highest BCUT2D eigenvalue weighted by Crippen LogP contribution is 2.26. The van der Waals surface area contributed by atoms with Gasteiger partial charge in [-0.1, -0.05) is 30.3 Å². The topological polar surface area (TPSA) is 97.3 Å². The number of amides is 2. The quantitative estimate of drug-likeness (QED) is 0.679. The molecular weight excluding hydrogens is 412 g/mol. The maximum atomic E-state index is 12.5. The van der Waals surface area contributed by atoms with Crippen molar-refractivity contribution in [2.24, 2.45) is 5.10 Å². The fourth-order valence-corrected chi connectivity index (χ4v) is 2.76. The lowest BCUT2D eigenvalue weighted by atomic mass is 10.1. The van der Waals surface area contributed by atoms with Crippen molar-refractivity contribution >= 4 is 34.9 Å². The predicted molar refractivity (Wildman–Crippen MR) is 108 cm³/mol. The summed E-state index contributed by atoms with van der Waals surface area (Å²) >= 11 is 0. The molecule has 2 amide bonds. The monoisotopic (exact) mass is 431 g/mol. The number of esters is 1. The second kappa shape index (κ2) is 9.79. The van der Waals surface area contributed by atoms with Crippen LogP contribution in [0.2, 0.25) is 0 Å². The van der Waals surface area contributed by atoms with Crippen molar-refractivity contribution in [1.29, 1.82) is 0 Å². The molecule has 0 radical (unpaired) electrons. The van der Waals surface area contributed by atoms with E-state index >= 15 is 0 Å². The first-order valence-electron chi connectivity index (χ1n) is 9.36. The first-order chi connectivity index (χ1) is 14.8. The smallest absolute Gasteiger partial charge is 0.387 e. The van der Waals surface area contributed by atoms with Gasteiger partial charge in [0, 0.05) is 12.8 Å². The van der Waals surface area contributed by atoms with Gasteiger partial charge in [0.25, 0.3) is 5.91 Å². The third-order valence-corrected chi connectivity index (χ3v) is 4.28. The van der Waals surface area contributed by atoms with Gasteiger partial charge >= 0.3 is 12.6 Å². The van der Waals surface area contributed by atoms with Crippen LogP contribution in [-0.4, -0.2) is 36.2 Å². The second-order valence-corrected chi connectivity index (χ2v) is 6.50. The van der Waals surface area contributed by atoms with E-state index in [1.807, 2.05) is 0 Å². The molecule has 0 saturated heterocycles. The number of hydrazone groups is 1. The molecule has 1 aliphatic heterocycles. The Morgan fingerprint density at radius 2 is 1.74 bits per heavy atom. The van der Waals surface area contributed by atoms with Gasteiger partial charge in [0.05, 0.1) is 11.4 Å². The van der Waals surface area contributed by atoms with Crippen LogP contribution in [0.15, 0.2) is 59.7 Å². The van der Waals surface area contributed by atoms with Crippen LogP contribution in [0.1, 0.15) is 19.8 Å². The summed E-state index contributed by atoms with van der Waals surface area (Å²) in [6.45, 7) is -1.74. The van der Waals surface area contributed by atoms with Gasteiger partial charge in [0.15, 0.2) is 6.10 Å². The zero-order chi connectivity index (χ0) is 22.4. The van der Waals surface area contributed by atoms with Gasteiger partial charge < -0.3 is 14.8 Å². The van der Waals surface area contributed by atoms with Crippen LogP contribution in [0.5, 0.6) is 5.75 Å². The molecule has 1 atom stereocenters. The molecule has 10 heteroatoms. The lowest BCUT2D eigenvalue weighted by Gasteiger charge is -2.23. The minimum absolute atomic E-state index is 0.00607. The van der Waals surface area contributed by atoms with Crippen LogP contribution in [0.4, 0.5) is 20.2 Å². The van der Waals surface area contributed by atoms with Gasteiger partial charge in [-0.05, 0) is 31.2 Å². The Morgan fingerprint density at radius 1 is 1.06 bits per heavy atom. The average Bonchev–Trinajstić information content (AvgIpc) is 2.75. The van der Waals surface area contributed by atoms with E-state index < -0.39 is 24.6 Å². The van der Waals surface area contributed by atoms with E-state index in [1.165, 1.54) is 31.2 Å². The first kappa shape index (κ1) is 21.9. The molecular formula is C21H19F2N3O5. The molecule has 31 heavy (non-hydrogen) atoms. The predicted octanol–water partition coefficient (Wildman–Crippen LogP) is 3.34. The van der Waals surface area contributed by atoms with E-state index in [-0.39, 0.29) is 35.9 Å². The van der Waals surface area contributed by atoms with Crippen molar-refractivity contribution in [3.05, 3.63) is 54.6 Å². The maximum absolute atomic E-state index is 12.5. The summed E-state index contributed by atoms with van der Waals surface area (Å²) in [5.41, 5.74) is 0.495. The third-order valence-electron chi connectivity index (χ3n) is 4.28. The number of ether oxygens (including phenoxy) is 2. The van der Waals surface area contributed by atoms with Crippen molar-refractivity contribution in [2.75, 3.05) is 10.3 Å². The zero-order valence-electron chi connectivity index (χ0n) is 16.5. The molecule has 1 aliphatic rings. The third kappa shape index (κ3) is 5.62. The van der Waals surface area contributed by atoms with E-state index in [4.69, 9.17) is 4.74 Å². The number of carbonyl (C=O) groups is 3. The molecule has 0 unspecified atom stereocenters. The number of anilines is 2. The van der Waals surface area contributed by atoms with Gasteiger partial charge in [-0.25, -0.2) is 9.80 Å². The lowest BCUT2D eigenvalue weighted by Crippen LogP contribution is -2.37. The molecule has 0 aliphatic carbocycles. The van der Waals surface area contributed by atoms with Gasteiger partial charge in [0.2, 0.25) is 5.91 Å². The molecule has 1 N–H and O–H groups in total. The van der Waals surface area contributed by atoms with E-state index in [1.54, 1.807) is 30.3 Å². The van der Waals surface area contributed by atoms with E-state index in [0.29, 0.717) is 5.69 Å². The van der Waals surface area contributed by atoms with Gasteiger partial charge in [0.1, 0.15) is 11.5 Å². The van der Waals surface area contributed by atoms with Crippen molar-refractivity contribution in [2.45, 2.75) is 32.5 Å². The highest BCUT2D eigenvalue weighted by molar-refractivity contribution is 6.38. The standard InChI is InChI=1S/C21H19F2N3O5/c1-13(19(28)24-15-9-5-6-10-17(15)31-21(22)23)30-20(29)16-11-12-18(27)26(25-16)14-7-3-2-4-8-14/h2-10,13,21H,11-12H2,1H3,(H,24,28)/t13-/m1/s1. The Kier molecular flexibility index (Phi) is 6.91. The molecule has 1 heterocycles. The fourth-order valence-electron chi connectivity index (χ4n) is 2.76. The summed E-state index contributed by atoms with van der Waals surface area (Å²) < 4.78 is 34.5. The summed E-state index contributed by atoms with van der Waals surface area (Å²) in [7, 11) is 0. The molecule has 2 aromatic rings. The van der Waals surface area contributed by atoms with Crippen molar-refractivity contribution in [3.63, 3.8) is 0 Å².